The number of benzene rings is 1. The van der Waals surface area contributed by atoms with Crippen molar-refractivity contribution in [2.45, 2.75) is 19.9 Å². The van der Waals surface area contributed by atoms with E-state index in [0.29, 0.717) is 5.95 Å². The van der Waals surface area contributed by atoms with E-state index in [4.69, 9.17) is 0 Å². The van der Waals surface area contributed by atoms with Crippen molar-refractivity contribution in [1.29, 1.82) is 0 Å². The van der Waals surface area contributed by atoms with Crippen LogP contribution in [0.2, 0.25) is 0 Å². The van der Waals surface area contributed by atoms with E-state index < -0.39 is 0 Å². The van der Waals surface area contributed by atoms with Gasteiger partial charge >= 0.3 is 0 Å². The molecule has 0 aliphatic rings. The standard InChI is InChI=1S/C16H18N4S/c1-2-8-17-16-19-14-6-4-3-5-13(14)15(20-16)18-10-12-7-9-21-11-12/h3-7,9,11H,2,8,10H2,1H3,(H2,17,18,19,20). The van der Waals surface area contributed by atoms with E-state index in [0.717, 1.165) is 36.2 Å². The number of thiophene rings is 1. The van der Waals surface area contributed by atoms with Crippen LogP contribution in [0.4, 0.5) is 11.8 Å². The molecule has 0 spiro atoms. The predicted molar refractivity (Wildman–Crippen MR) is 90.0 cm³/mol. The van der Waals surface area contributed by atoms with Gasteiger partial charge in [0.15, 0.2) is 0 Å². The molecule has 0 bridgehead atoms. The van der Waals surface area contributed by atoms with E-state index in [1.807, 2.05) is 18.2 Å². The lowest BCUT2D eigenvalue weighted by Crippen LogP contribution is -2.08. The van der Waals surface area contributed by atoms with Crippen LogP contribution in [0.5, 0.6) is 0 Å². The van der Waals surface area contributed by atoms with Crippen molar-refractivity contribution < 1.29 is 0 Å². The average molecular weight is 298 g/mol. The first-order valence-electron chi connectivity index (χ1n) is 7.12. The fraction of sp³-hybridized carbons (Fsp3) is 0.250. The molecule has 1 aromatic carbocycles. The van der Waals surface area contributed by atoms with Gasteiger partial charge in [0.1, 0.15) is 5.82 Å². The highest BCUT2D eigenvalue weighted by molar-refractivity contribution is 7.07. The van der Waals surface area contributed by atoms with E-state index in [1.165, 1.54) is 5.56 Å². The molecule has 0 radical (unpaired) electrons. The zero-order valence-corrected chi connectivity index (χ0v) is 12.8. The van der Waals surface area contributed by atoms with Gasteiger partial charge in [0.2, 0.25) is 5.95 Å². The van der Waals surface area contributed by atoms with Crippen LogP contribution in [0.25, 0.3) is 10.9 Å². The minimum atomic E-state index is 0.684. The molecule has 2 aromatic heterocycles. The van der Waals surface area contributed by atoms with Crippen molar-refractivity contribution in [3.63, 3.8) is 0 Å². The second-order valence-electron chi connectivity index (χ2n) is 4.82. The summed E-state index contributed by atoms with van der Waals surface area (Å²) in [5.41, 5.74) is 2.23. The second-order valence-corrected chi connectivity index (χ2v) is 5.60. The Morgan fingerprint density at radius 1 is 1.10 bits per heavy atom. The first-order chi connectivity index (χ1) is 10.4. The van der Waals surface area contributed by atoms with Crippen LogP contribution in [0.1, 0.15) is 18.9 Å². The molecule has 2 heterocycles. The molecular formula is C16H18N4S. The summed E-state index contributed by atoms with van der Waals surface area (Å²) in [5, 5.41) is 12.0. The van der Waals surface area contributed by atoms with Gasteiger partial charge in [0.05, 0.1) is 5.52 Å². The Kier molecular flexibility index (Phi) is 4.31. The molecule has 0 saturated carbocycles. The highest BCUT2D eigenvalue weighted by Gasteiger charge is 2.07. The number of rotatable bonds is 6. The lowest BCUT2D eigenvalue weighted by Gasteiger charge is -2.11. The van der Waals surface area contributed by atoms with E-state index >= 15 is 0 Å². The van der Waals surface area contributed by atoms with Crippen LogP contribution < -0.4 is 10.6 Å². The molecule has 21 heavy (non-hydrogen) atoms. The van der Waals surface area contributed by atoms with Gasteiger partial charge in [0, 0.05) is 18.5 Å². The van der Waals surface area contributed by atoms with Gasteiger partial charge in [-0.15, -0.1) is 0 Å². The third-order valence-electron chi connectivity index (χ3n) is 3.18. The molecule has 0 amide bonds. The third-order valence-corrected chi connectivity index (χ3v) is 3.91. The number of hydrogen-bond acceptors (Lipinski definition) is 5. The monoisotopic (exact) mass is 298 g/mol. The number of nitrogens with one attached hydrogen (secondary N) is 2. The molecule has 3 aromatic rings. The molecule has 0 aliphatic heterocycles. The molecule has 0 saturated heterocycles. The van der Waals surface area contributed by atoms with Gasteiger partial charge < -0.3 is 10.6 Å². The summed E-state index contributed by atoms with van der Waals surface area (Å²) >= 11 is 1.71. The van der Waals surface area contributed by atoms with Crippen LogP contribution >= 0.6 is 11.3 Å². The fourth-order valence-electron chi connectivity index (χ4n) is 2.11. The molecule has 3 rings (SSSR count). The number of nitrogens with zero attached hydrogens (tertiary/aromatic N) is 2. The Morgan fingerprint density at radius 3 is 2.81 bits per heavy atom. The lowest BCUT2D eigenvalue weighted by molar-refractivity contribution is 0.955. The number of anilines is 2. The first-order valence-corrected chi connectivity index (χ1v) is 8.06. The summed E-state index contributed by atoms with van der Waals surface area (Å²) in [7, 11) is 0. The zero-order valence-electron chi connectivity index (χ0n) is 12.0. The maximum Gasteiger partial charge on any atom is 0.225 e. The number of fused-ring (bicyclic) bond motifs is 1. The van der Waals surface area contributed by atoms with Crippen molar-refractivity contribution in [2.75, 3.05) is 17.2 Å². The largest absolute Gasteiger partial charge is 0.365 e. The molecular weight excluding hydrogens is 280 g/mol. The Labute approximate surface area is 128 Å². The number of para-hydroxylation sites is 1. The average Bonchev–Trinajstić information content (AvgIpc) is 3.04. The lowest BCUT2D eigenvalue weighted by atomic mass is 10.2. The topological polar surface area (TPSA) is 49.8 Å². The van der Waals surface area contributed by atoms with E-state index in [1.54, 1.807) is 11.3 Å². The normalized spacial score (nSPS) is 10.7. The summed E-state index contributed by atoms with van der Waals surface area (Å²) in [6, 6.07) is 10.2. The number of hydrogen-bond donors (Lipinski definition) is 2. The van der Waals surface area contributed by atoms with Gasteiger partial charge in [-0.1, -0.05) is 19.1 Å². The van der Waals surface area contributed by atoms with Crippen molar-refractivity contribution in [3.8, 4) is 0 Å². The smallest absolute Gasteiger partial charge is 0.225 e. The molecule has 5 heteroatoms. The minimum Gasteiger partial charge on any atom is -0.365 e. The third kappa shape index (κ3) is 3.31. The zero-order chi connectivity index (χ0) is 14.5. The van der Waals surface area contributed by atoms with Crippen molar-refractivity contribution in [3.05, 3.63) is 46.7 Å². The van der Waals surface area contributed by atoms with Crippen molar-refractivity contribution in [1.82, 2.24) is 9.97 Å². The summed E-state index contributed by atoms with van der Waals surface area (Å²) < 4.78 is 0. The van der Waals surface area contributed by atoms with E-state index in [9.17, 15) is 0 Å². The highest BCUT2D eigenvalue weighted by Crippen LogP contribution is 2.22. The quantitative estimate of drug-likeness (QED) is 0.718. The maximum atomic E-state index is 4.61. The molecule has 0 unspecified atom stereocenters. The summed E-state index contributed by atoms with van der Waals surface area (Å²) in [4.78, 5) is 9.17. The molecule has 2 N–H and O–H groups in total. The molecule has 4 nitrogen and oxygen atoms in total. The second kappa shape index (κ2) is 6.54. The predicted octanol–water partition coefficient (Wildman–Crippen LogP) is 4.13. The summed E-state index contributed by atoms with van der Waals surface area (Å²) in [5.74, 6) is 1.56. The Morgan fingerprint density at radius 2 is 2.00 bits per heavy atom. The first kappa shape index (κ1) is 13.8. The van der Waals surface area contributed by atoms with E-state index in [2.05, 4.69) is 50.4 Å². The SMILES string of the molecule is CCCNc1nc(NCc2ccsc2)c2ccccc2n1. The van der Waals surface area contributed by atoms with Crippen molar-refractivity contribution >= 4 is 34.0 Å². The molecule has 0 fully saturated rings. The number of aromatic nitrogens is 2. The van der Waals surface area contributed by atoms with Crippen LogP contribution in [0, 0.1) is 0 Å². The Bertz CT molecular complexity index is 709. The van der Waals surface area contributed by atoms with Gasteiger partial charge in [-0.05, 0) is 40.9 Å². The van der Waals surface area contributed by atoms with Crippen LogP contribution in [-0.4, -0.2) is 16.5 Å². The highest BCUT2D eigenvalue weighted by atomic mass is 32.1. The maximum absolute atomic E-state index is 4.61. The van der Waals surface area contributed by atoms with Crippen LogP contribution in [0.3, 0.4) is 0 Å². The van der Waals surface area contributed by atoms with Crippen LogP contribution in [0.15, 0.2) is 41.1 Å². The fourth-order valence-corrected chi connectivity index (χ4v) is 2.77. The summed E-state index contributed by atoms with van der Waals surface area (Å²) in [6.07, 6.45) is 1.05. The van der Waals surface area contributed by atoms with Gasteiger partial charge in [-0.25, -0.2) is 4.98 Å². The summed E-state index contributed by atoms with van der Waals surface area (Å²) in [6.45, 7) is 3.78. The van der Waals surface area contributed by atoms with Gasteiger partial charge in [-0.3, -0.25) is 0 Å². The molecule has 0 atom stereocenters. The van der Waals surface area contributed by atoms with Crippen LogP contribution in [-0.2, 0) is 6.54 Å². The minimum absolute atomic E-state index is 0.684. The Hall–Kier alpha value is -2.14. The Balaban J connectivity index is 1.90. The molecule has 108 valence electrons. The molecule has 0 aliphatic carbocycles. The van der Waals surface area contributed by atoms with E-state index in [-0.39, 0.29) is 0 Å². The van der Waals surface area contributed by atoms with Crippen molar-refractivity contribution in [2.24, 2.45) is 0 Å². The van der Waals surface area contributed by atoms with Gasteiger partial charge in [0.25, 0.3) is 0 Å². The van der Waals surface area contributed by atoms with Gasteiger partial charge in [-0.2, -0.15) is 16.3 Å².